The Kier molecular flexibility index (Phi) is 4.37. The number of hydrogen-bond donors (Lipinski definition) is 1. The molecular weight excluding hydrogens is 224 g/mol. The van der Waals surface area contributed by atoms with Crippen molar-refractivity contribution < 1.29 is 4.74 Å². The minimum absolute atomic E-state index is 0.438. The van der Waals surface area contributed by atoms with E-state index in [0.717, 1.165) is 18.0 Å². The molecule has 2 rings (SSSR count). The molecule has 0 bridgehead atoms. The first kappa shape index (κ1) is 13.1. The van der Waals surface area contributed by atoms with E-state index in [-0.39, 0.29) is 0 Å². The molecule has 98 valence electrons. The van der Waals surface area contributed by atoms with Gasteiger partial charge in [-0.25, -0.2) is 0 Å². The molecule has 1 aromatic rings. The Morgan fingerprint density at radius 3 is 2.61 bits per heavy atom. The van der Waals surface area contributed by atoms with Crippen LogP contribution in [0, 0.1) is 11.3 Å². The first-order valence-corrected chi connectivity index (χ1v) is 6.63. The molecule has 1 fully saturated rings. The van der Waals surface area contributed by atoms with Crippen LogP contribution in [0.3, 0.4) is 0 Å². The predicted octanol–water partition coefficient (Wildman–Crippen LogP) is 2.76. The molecule has 3 heteroatoms. The van der Waals surface area contributed by atoms with Gasteiger partial charge in [-0.2, -0.15) is 0 Å². The molecule has 18 heavy (non-hydrogen) atoms. The van der Waals surface area contributed by atoms with Crippen LogP contribution in [0.4, 0.5) is 0 Å². The van der Waals surface area contributed by atoms with Crippen molar-refractivity contribution in [1.82, 2.24) is 4.90 Å². The zero-order valence-electron chi connectivity index (χ0n) is 11.2. The third-order valence-electron chi connectivity index (χ3n) is 3.67. The maximum absolute atomic E-state index is 8.39. The fourth-order valence-corrected chi connectivity index (χ4v) is 2.30. The van der Waals surface area contributed by atoms with Crippen molar-refractivity contribution in [2.45, 2.75) is 25.8 Å². The largest absolute Gasteiger partial charge is 0.383 e. The quantitative estimate of drug-likeness (QED) is 0.619. The molecule has 0 aliphatic heterocycles. The smallest absolute Gasteiger partial charge is 0.128 e. The van der Waals surface area contributed by atoms with E-state index in [1.807, 2.05) is 30.3 Å². The van der Waals surface area contributed by atoms with Crippen molar-refractivity contribution >= 4 is 5.84 Å². The van der Waals surface area contributed by atoms with Crippen LogP contribution in [0.5, 0.6) is 0 Å². The van der Waals surface area contributed by atoms with Crippen molar-refractivity contribution in [2.24, 2.45) is 5.92 Å². The second-order valence-electron chi connectivity index (χ2n) is 4.98. The molecule has 0 radical (unpaired) electrons. The Bertz CT molecular complexity index is 387. The van der Waals surface area contributed by atoms with Crippen molar-refractivity contribution in [1.29, 1.82) is 5.41 Å². The Hall–Kier alpha value is -1.35. The Balaban J connectivity index is 2.09. The molecule has 0 amide bonds. The van der Waals surface area contributed by atoms with Crippen LogP contribution in [-0.2, 0) is 4.74 Å². The van der Waals surface area contributed by atoms with Crippen LogP contribution in [0.15, 0.2) is 30.3 Å². The lowest BCUT2D eigenvalue weighted by Crippen LogP contribution is -2.42. The summed E-state index contributed by atoms with van der Waals surface area (Å²) in [5.41, 5.74) is 0.987. The first-order chi connectivity index (χ1) is 8.74. The molecule has 1 unspecified atom stereocenters. The average Bonchev–Trinajstić information content (AvgIpc) is 3.24. The van der Waals surface area contributed by atoms with E-state index in [2.05, 4.69) is 11.8 Å². The van der Waals surface area contributed by atoms with E-state index < -0.39 is 0 Å². The fourth-order valence-electron chi connectivity index (χ4n) is 2.30. The van der Waals surface area contributed by atoms with Gasteiger partial charge in [0.2, 0.25) is 0 Å². The van der Waals surface area contributed by atoms with Crippen LogP contribution in [0.1, 0.15) is 25.3 Å². The second kappa shape index (κ2) is 6.01. The summed E-state index contributed by atoms with van der Waals surface area (Å²) in [4.78, 5) is 2.18. The minimum atomic E-state index is 0.438. The summed E-state index contributed by atoms with van der Waals surface area (Å²) in [6.07, 6.45) is 2.60. The number of ether oxygens (including phenoxy) is 1. The highest BCUT2D eigenvalue weighted by Crippen LogP contribution is 2.35. The molecule has 0 heterocycles. The van der Waals surface area contributed by atoms with Gasteiger partial charge >= 0.3 is 0 Å². The maximum atomic E-state index is 8.39. The third kappa shape index (κ3) is 3.10. The Labute approximate surface area is 109 Å². The van der Waals surface area contributed by atoms with Crippen LogP contribution < -0.4 is 0 Å². The highest BCUT2D eigenvalue weighted by molar-refractivity contribution is 5.96. The van der Waals surface area contributed by atoms with Gasteiger partial charge in [-0.1, -0.05) is 30.3 Å². The first-order valence-electron chi connectivity index (χ1n) is 6.63. The number of hydrogen-bond acceptors (Lipinski definition) is 2. The summed E-state index contributed by atoms with van der Waals surface area (Å²) < 4.78 is 5.17. The number of benzene rings is 1. The van der Waals surface area contributed by atoms with E-state index in [1.54, 1.807) is 7.11 Å². The summed E-state index contributed by atoms with van der Waals surface area (Å²) >= 11 is 0. The van der Waals surface area contributed by atoms with Crippen molar-refractivity contribution in [3.05, 3.63) is 35.9 Å². The number of rotatable bonds is 6. The summed E-state index contributed by atoms with van der Waals surface area (Å²) in [6, 6.07) is 10.4. The highest BCUT2D eigenvalue weighted by Gasteiger charge is 2.33. The van der Waals surface area contributed by atoms with Gasteiger partial charge in [-0.15, -0.1) is 0 Å². The SMILES string of the molecule is COCCN(C(=N)c1ccccc1)C(C)C1CC1. The fraction of sp³-hybridized carbons (Fsp3) is 0.533. The van der Waals surface area contributed by atoms with Gasteiger partial charge in [0, 0.05) is 25.3 Å². The Morgan fingerprint density at radius 1 is 1.39 bits per heavy atom. The predicted molar refractivity (Wildman–Crippen MR) is 74.0 cm³/mol. The standard InChI is InChI=1S/C15H22N2O/c1-12(13-8-9-13)17(10-11-18-2)15(16)14-6-4-3-5-7-14/h3-7,12-13,16H,8-11H2,1-2H3. The molecule has 0 aromatic heterocycles. The van der Waals surface area contributed by atoms with Crippen LogP contribution in [-0.4, -0.2) is 37.0 Å². The normalized spacial score (nSPS) is 16.3. The number of methoxy groups -OCH3 is 1. The number of nitrogens with zero attached hydrogens (tertiary/aromatic N) is 1. The molecule has 1 aromatic carbocycles. The molecule has 0 spiro atoms. The van der Waals surface area contributed by atoms with Gasteiger partial charge in [0.15, 0.2) is 0 Å². The molecule has 1 saturated carbocycles. The monoisotopic (exact) mass is 246 g/mol. The lowest BCUT2D eigenvalue weighted by atomic mass is 10.1. The van der Waals surface area contributed by atoms with E-state index in [9.17, 15) is 0 Å². The van der Waals surface area contributed by atoms with Gasteiger partial charge in [0.05, 0.1) is 6.61 Å². The average molecular weight is 246 g/mol. The second-order valence-corrected chi connectivity index (χ2v) is 4.98. The van der Waals surface area contributed by atoms with Gasteiger partial charge in [0.25, 0.3) is 0 Å². The lowest BCUT2D eigenvalue weighted by Gasteiger charge is -2.31. The number of amidine groups is 1. The van der Waals surface area contributed by atoms with Gasteiger partial charge < -0.3 is 9.64 Å². The molecule has 1 N–H and O–H groups in total. The molecule has 1 aliphatic rings. The van der Waals surface area contributed by atoms with Crippen molar-refractivity contribution in [3.63, 3.8) is 0 Å². The summed E-state index contributed by atoms with van der Waals surface area (Å²) in [5, 5.41) is 8.39. The van der Waals surface area contributed by atoms with Gasteiger partial charge in [-0.3, -0.25) is 5.41 Å². The minimum Gasteiger partial charge on any atom is -0.383 e. The topological polar surface area (TPSA) is 36.3 Å². The zero-order valence-corrected chi connectivity index (χ0v) is 11.2. The van der Waals surface area contributed by atoms with Gasteiger partial charge in [-0.05, 0) is 25.7 Å². The third-order valence-corrected chi connectivity index (χ3v) is 3.67. The van der Waals surface area contributed by atoms with E-state index in [0.29, 0.717) is 18.5 Å². The summed E-state index contributed by atoms with van der Waals surface area (Å²) in [5.74, 6) is 1.37. The van der Waals surface area contributed by atoms with Gasteiger partial charge in [0.1, 0.15) is 5.84 Å². The summed E-state index contributed by atoms with van der Waals surface area (Å²) in [6.45, 7) is 3.69. The van der Waals surface area contributed by atoms with E-state index in [4.69, 9.17) is 10.1 Å². The molecule has 3 nitrogen and oxygen atoms in total. The Morgan fingerprint density at radius 2 is 2.06 bits per heavy atom. The lowest BCUT2D eigenvalue weighted by molar-refractivity contribution is 0.159. The molecule has 0 saturated heterocycles. The van der Waals surface area contributed by atoms with E-state index >= 15 is 0 Å². The van der Waals surface area contributed by atoms with Crippen LogP contribution in [0.25, 0.3) is 0 Å². The molecular formula is C15H22N2O. The molecule has 1 aliphatic carbocycles. The highest BCUT2D eigenvalue weighted by atomic mass is 16.5. The van der Waals surface area contributed by atoms with Crippen molar-refractivity contribution in [2.75, 3.05) is 20.3 Å². The molecule has 1 atom stereocenters. The van der Waals surface area contributed by atoms with E-state index in [1.165, 1.54) is 12.8 Å². The maximum Gasteiger partial charge on any atom is 0.128 e. The van der Waals surface area contributed by atoms with Crippen LogP contribution in [0.2, 0.25) is 0 Å². The zero-order chi connectivity index (χ0) is 13.0. The summed E-state index contributed by atoms with van der Waals surface area (Å²) in [7, 11) is 1.71. The number of nitrogens with one attached hydrogen (secondary N) is 1. The van der Waals surface area contributed by atoms with Crippen molar-refractivity contribution in [3.8, 4) is 0 Å². The van der Waals surface area contributed by atoms with Crippen LogP contribution >= 0.6 is 0 Å².